The van der Waals surface area contributed by atoms with E-state index in [0.717, 1.165) is 0 Å². The minimum atomic E-state index is -0.422. The van der Waals surface area contributed by atoms with Crippen LogP contribution in [-0.4, -0.2) is 5.11 Å². The number of phenols is 1. The van der Waals surface area contributed by atoms with Crippen molar-refractivity contribution in [2.24, 2.45) is 0 Å². The highest BCUT2D eigenvalue weighted by molar-refractivity contribution is 6.32. The first-order valence-electron chi connectivity index (χ1n) is 4.52. The predicted octanol–water partition coefficient (Wildman–Crippen LogP) is 4.51. The van der Waals surface area contributed by atoms with E-state index in [9.17, 15) is 9.50 Å². The molecule has 0 radical (unpaired) electrons. The van der Waals surface area contributed by atoms with Gasteiger partial charge in [0.25, 0.3) is 0 Å². The number of phenolic OH excluding ortho intramolecular Hbond substituents is 1. The molecule has 16 heavy (non-hydrogen) atoms. The minimum absolute atomic E-state index is 0.0280. The smallest absolute Gasteiger partial charge is 0.134 e. The molecule has 0 aliphatic heterocycles. The first kappa shape index (κ1) is 11.2. The molecule has 4 heteroatoms. The van der Waals surface area contributed by atoms with E-state index >= 15 is 0 Å². The van der Waals surface area contributed by atoms with Crippen molar-refractivity contribution in [2.45, 2.75) is 0 Å². The molecule has 0 fully saturated rings. The van der Waals surface area contributed by atoms with Gasteiger partial charge in [-0.1, -0.05) is 29.3 Å². The van der Waals surface area contributed by atoms with E-state index in [0.29, 0.717) is 16.1 Å². The third kappa shape index (κ3) is 2.13. The lowest BCUT2D eigenvalue weighted by molar-refractivity contribution is 0.475. The molecule has 0 aliphatic rings. The lowest BCUT2D eigenvalue weighted by atomic mass is 10.1. The van der Waals surface area contributed by atoms with Crippen LogP contribution in [0.3, 0.4) is 0 Å². The van der Waals surface area contributed by atoms with Crippen LogP contribution in [0.1, 0.15) is 0 Å². The molecule has 0 amide bonds. The summed E-state index contributed by atoms with van der Waals surface area (Å²) in [5, 5.41) is 9.78. The fourth-order valence-corrected chi connectivity index (χ4v) is 1.74. The predicted molar refractivity (Wildman–Crippen MR) is 63.5 cm³/mol. The molecule has 0 bridgehead atoms. The van der Waals surface area contributed by atoms with Crippen LogP contribution in [0.15, 0.2) is 36.4 Å². The van der Waals surface area contributed by atoms with Gasteiger partial charge in [-0.15, -0.1) is 0 Å². The molecule has 2 aromatic carbocycles. The number of aromatic hydroxyl groups is 1. The first-order valence-corrected chi connectivity index (χ1v) is 5.27. The number of hydrogen-bond donors (Lipinski definition) is 1. The van der Waals surface area contributed by atoms with Crippen molar-refractivity contribution >= 4 is 23.2 Å². The maximum absolute atomic E-state index is 13.6. The van der Waals surface area contributed by atoms with Crippen molar-refractivity contribution in [3.63, 3.8) is 0 Å². The number of benzene rings is 2. The van der Waals surface area contributed by atoms with Crippen LogP contribution >= 0.6 is 23.2 Å². The summed E-state index contributed by atoms with van der Waals surface area (Å²) in [6.07, 6.45) is 0. The molecule has 0 unspecified atom stereocenters. The normalized spacial score (nSPS) is 10.4. The molecule has 2 aromatic rings. The van der Waals surface area contributed by atoms with Crippen LogP contribution in [0.5, 0.6) is 5.75 Å². The molecule has 0 saturated heterocycles. The summed E-state index contributed by atoms with van der Waals surface area (Å²) in [6.45, 7) is 0. The Hall–Kier alpha value is -1.25. The molecule has 0 saturated carbocycles. The van der Waals surface area contributed by atoms with Crippen molar-refractivity contribution in [2.75, 3.05) is 0 Å². The van der Waals surface area contributed by atoms with Gasteiger partial charge in [0.1, 0.15) is 11.6 Å². The van der Waals surface area contributed by atoms with Crippen LogP contribution in [-0.2, 0) is 0 Å². The van der Waals surface area contributed by atoms with Crippen LogP contribution in [0.2, 0.25) is 10.0 Å². The fourth-order valence-electron chi connectivity index (χ4n) is 1.40. The Balaban J connectivity index is 2.54. The topological polar surface area (TPSA) is 20.2 Å². The molecule has 0 aromatic heterocycles. The zero-order chi connectivity index (χ0) is 11.7. The summed E-state index contributed by atoms with van der Waals surface area (Å²) >= 11 is 11.4. The SMILES string of the molecule is Oc1ccc(-c2ccc(Cl)cc2F)cc1Cl. The Morgan fingerprint density at radius 1 is 1.00 bits per heavy atom. The molecule has 0 heterocycles. The van der Waals surface area contributed by atoms with Crippen LogP contribution in [0.25, 0.3) is 11.1 Å². The molecular weight excluding hydrogens is 250 g/mol. The summed E-state index contributed by atoms with van der Waals surface area (Å²) < 4.78 is 13.6. The van der Waals surface area contributed by atoms with Crippen molar-refractivity contribution in [1.82, 2.24) is 0 Å². The Bertz CT molecular complexity index is 541. The Labute approximate surface area is 102 Å². The van der Waals surface area contributed by atoms with Gasteiger partial charge >= 0.3 is 0 Å². The molecule has 1 nitrogen and oxygen atoms in total. The molecule has 82 valence electrons. The maximum atomic E-state index is 13.6. The fraction of sp³-hybridized carbons (Fsp3) is 0. The third-order valence-corrected chi connectivity index (χ3v) is 2.73. The highest BCUT2D eigenvalue weighted by Gasteiger charge is 2.07. The van der Waals surface area contributed by atoms with Crippen LogP contribution in [0, 0.1) is 5.82 Å². The quantitative estimate of drug-likeness (QED) is 0.797. The molecular formula is C12H7Cl2FO. The molecule has 0 aliphatic carbocycles. The maximum Gasteiger partial charge on any atom is 0.134 e. The average molecular weight is 257 g/mol. The lowest BCUT2D eigenvalue weighted by Gasteiger charge is -2.05. The number of rotatable bonds is 1. The average Bonchev–Trinajstić information content (AvgIpc) is 2.22. The Kier molecular flexibility index (Phi) is 3.03. The van der Waals surface area contributed by atoms with Crippen LogP contribution < -0.4 is 0 Å². The molecule has 0 atom stereocenters. The van der Waals surface area contributed by atoms with Gasteiger partial charge in [-0.05, 0) is 35.9 Å². The highest BCUT2D eigenvalue weighted by atomic mass is 35.5. The summed E-state index contributed by atoms with van der Waals surface area (Å²) in [7, 11) is 0. The van der Waals surface area contributed by atoms with E-state index in [1.165, 1.54) is 18.2 Å². The lowest BCUT2D eigenvalue weighted by Crippen LogP contribution is -1.84. The van der Waals surface area contributed by atoms with E-state index in [4.69, 9.17) is 23.2 Å². The molecule has 1 N–H and O–H groups in total. The summed E-state index contributed by atoms with van der Waals surface area (Å²) in [5.74, 6) is -0.450. The largest absolute Gasteiger partial charge is 0.506 e. The monoisotopic (exact) mass is 256 g/mol. The summed E-state index contributed by atoms with van der Waals surface area (Å²) in [4.78, 5) is 0. The van der Waals surface area contributed by atoms with Gasteiger partial charge in [0.2, 0.25) is 0 Å². The van der Waals surface area contributed by atoms with E-state index in [-0.39, 0.29) is 10.8 Å². The third-order valence-electron chi connectivity index (χ3n) is 2.19. The number of halogens is 3. The van der Waals surface area contributed by atoms with Gasteiger partial charge in [-0.2, -0.15) is 0 Å². The second-order valence-corrected chi connectivity index (χ2v) is 4.13. The minimum Gasteiger partial charge on any atom is -0.506 e. The van der Waals surface area contributed by atoms with E-state index in [1.54, 1.807) is 18.2 Å². The molecule has 0 spiro atoms. The van der Waals surface area contributed by atoms with Gasteiger partial charge in [0.05, 0.1) is 5.02 Å². The zero-order valence-corrected chi connectivity index (χ0v) is 9.56. The van der Waals surface area contributed by atoms with Gasteiger partial charge in [-0.3, -0.25) is 0 Å². The van der Waals surface area contributed by atoms with E-state index in [2.05, 4.69) is 0 Å². The standard InChI is InChI=1S/C12H7Cl2FO/c13-8-2-3-9(11(15)6-8)7-1-4-12(16)10(14)5-7/h1-6,16H. The Morgan fingerprint density at radius 3 is 2.38 bits per heavy atom. The van der Waals surface area contributed by atoms with Gasteiger partial charge in [0, 0.05) is 10.6 Å². The highest BCUT2D eigenvalue weighted by Crippen LogP contribution is 2.31. The van der Waals surface area contributed by atoms with E-state index < -0.39 is 5.82 Å². The van der Waals surface area contributed by atoms with Crippen molar-refractivity contribution in [1.29, 1.82) is 0 Å². The zero-order valence-electron chi connectivity index (χ0n) is 8.05. The second-order valence-electron chi connectivity index (χ2n) is 3.29. The summed E-state index contributed by atoms with van der Waals surface area (Å²) in [6, 6.07) is 8.92. The summed E-state index contributed by atoms with van der Waals surface area (Å²) in [5.41, 5.74) is 0.989. The van der Waals surface area contributed by atoms with Gasteiger partial charge in [-0.25, -0.2) is 4.39 Å². The first-order chi connectivity index (χ1) is 7.58. The van der Waals surface area contributed by atoms with Crippen molar-refractivity contribution < 1.29 is 9.50 Å². The van der Waals surface area contributed by atoms with Crippen molar-refractivity contribution in [3.8, 4) is 16.9 Å². The Morgan fingerprint density at radius 2 is 1.75 bits per heavy atom. The number of hydrogen-bond acceptors (Lipinski definition) is 1. The molecule has 2 rings (SSSR count). The van der Waals surface area contributed by atoms with Gasteiger partial charge in [0.15, 0.2) is 0 Å². The van der Waals surface area contributed by atoms with E-state index in [1.807, 2.05) is 0 Å². The van der Waals surface area contributed by atoms with Gasteiger partial charge < -0.3 is 5.11 Å². The van der Waals surface area contributed by atoms with Crippen LogP contribution in [0.4, 0.5) is 4.39 Å². The van der Waals surface area contributed by atoms with Crippen molar-refractivity contribution in [3.05, 3.63) is 52.3 Å². The second kappa shape index (κ2) is 4.32.